The monoisotopic (exact) mass is 899 g/mol. The van der Waals surface area contributed by atoms with E-state index in [-0.39, 0.29) is 86.6 Å². The number of ether oxygens (including phenoxy) is 1. The Morgan fingerprint density at radius 1 is 0.984 bits per heavy atom. The molecule has 4 amide bonds. The maximum Gasteiger partial charge on any atom is 0.293 e. The lowest BCUT2D eigenvalue weighted by molar-refractivity contribution is -0.181. The molecule has 0 radical (unpaired) electrons. The molecule has 7 heterocycles. The van der Waals surface area contributed by atoms with Crippen LogP contribution in [0.15, 0.2) is 59.5 Å². The number of piperidine rings is 3. The van der Waals surface area contributed by atoms with Gasteiger partial charge in [0.05, 0.1) is 34.4 Å². The second kappa shape index (κ2) is 17.0. The van der Waals surface area contributed by atoms with Crippen molar-refractivity contribution >= 4 is 69.0 Å². The van der Waals surface area contributed by atoms with Crippen LogP contribution in [0.3, 0.4) is 0 Å². The molecule has 5 aliphatic rings. The molecular formula is C46H52ClF2N9O6. The third kappa shape index (κ3) is 8.12. The maximum atomic E-state index is 16.1. The van der Waals surface area contributed by atoms with Gasteiger partial charge in [0.2, 0.25) is 11.8 Å². The minimum Gasteiger partial charge on any atom is -0.478 e. The van der Waals surface area contributed by atoms with E-state index in [1.54, 1.807) is 29.0 Å². The van der Waals surface area contributed by atoms with Gasteiger partial charge >= 0.3 is 0 Å². The number of hydrogen-bond acceptors (Lipinski definition) is 11. The van der Waals surface area contributed by atoms with Crippen molar-refractivity contribution in [3.63, 3.8) is 0 Å². The molecule has 9 rings (SSSR count). The van der Waals surface area contributed by atoms with Crippen LogP contribution in [-0.4, -0.2) is 114 Å². The summed E-state index contributed by atoms with van der Waals surface area (Å²) in [5.41, 5.74) is 2.73. The number of likely N-dealkylation sites (N-methyl/N-ethyl adjacent to an activating group) is 1. The summed E-state index contributed by atoms with van der Waals surface area (Å²) in [5.74, 6) is -3.17. The smallest absolute Gasteiger partial charge is 0.293 e. The third-order valence-corrected chi connectivity index (χ3v) is 14.0. The van der Waals surface area contributed by atoms with Crippen LogP contribution < -0.4 is 36.0 Å². The highest BCUT2D eigenvalue weighted by molar-refractivity contribution is 6.33. The number of rotatable bonds is 11. The fourth-order valence-corrected chi connectivity index (χ4v) is 10.2. The average Bonchev–Trinajstić information content (AvgIpc) is 3.57. The van der Waals surface area contributed by atoms with E-state index in [9.17, 15) is 24.0 Å². The zero-order valence-electron chi connectivity index (χ0n) is 36.1. The van der Waals surface area contributed by atoms with E-state index in [2.05, 4.69) is 25.8 Å². The number of imide groups is 1. The summed E-state index contributed by atoms with van der Waals surface area (Å²) in [7, 11) is 1.50. The molecule has 1 spiro atoms. The number of fused-ring (bicyclic) bond motifs is 2. The Hall–Kier alpha value is -5.81. The fourth-order valence-electron chi connectivity index (χ4n) is 10.0. The molecule has 1 atom stereocenters. The average molecular weight is 900 g/mol. The van der Waals surface area contributed by atoms with E-state index in [1.807, 2.05) is 54.0 Å². The highest BCUT2D eigenvalue weighted by atomic mass is 35.5. The molecule has 5 aliphatic heterocycles. The number of aromatic nitrogens is 2. The summed E-state index contributed by atoms with van der Waals surface area (Å²) < 4.78 is 39.4. The van der Waals surface area contributed by atoms with Crippen molar-refractivity contribution in [3.8, 4) is 5.75 Å². The molecule has 4 aromatic rings. The van der Waals surface area contributed by atoms with Gasteiger partial charge < -0.3 is 34.6 Å². The molecule has 1 unspecified atom stereocenters. The molecule has 2 aromatic carbocycles. The van der Waals surface area contributed by atoms with Gasteiger partial charge in [-0.1, -0.05) is 11.6 Å². The van der Waals surface area contributed by atoms with Crippen molar-refractivity contribution in [2.24, 2.45) is 11.3 Å². The highest BCUT2D eigenvalue weighted by Crippen LogP contribution is 2.52. The van der Waals surface area contributed by atoms with Crippen LogP contribution in [0.5, 0.6) is 5.75 Å². The Morgan fingerprint density at radius 3 is 2.48 bits per heavy atom. The largest absolute Gasteiger partial charge is 0.478 e. The van der Waals surface area contributed by atoms with Gasteiger partial charge in [0.15, 0.2) is 12.4 Å². The number of carbonyl (C=O) groups excluding carboxylic acids is 4. The summed E-state index contributed by atoms with van der Waals surface area (Å²) in [6.45, 7) is 6.63. The molecule has 0 saturated carbocycles. The minimum atomic E-state index is -2.86. The molecule has 15 nitrogen and oxygen atoms in total. The van der Waals surface area contributed by atoms with Crippen molar-refractivity contribution in [3.05, 3.63) is 81.2 Å². The standard InChI is InChI=1S/C46H52ClF2N9O6/c1-27(2)58-36-7-4-31(16-29(36)18-38(44(58)63)64-23-41(60)50-3)52-35-19-39(51-20-34(35)47)55-13-10-28(11-14-55)21-54-15-12-45(46(48,49)26-54)24-56(25-45)32-5-6-33-30(17-32)22-57(43(33)62)37-8-9-40(59)53-42(37)61/h4-7,16-20,27-28,37H,8-15,21-26H2,1-3H3,(H,50,60)(H,51,52)(H,53,59,61). The Labute approximate surface area is 374 Å². The number of nitrogens with one attached hydrogen (secondary N) is 3. The molecule has 0 aliphatic carbocycles. The molecule has 64 heavy (non-hydrogen) atoms. The van der Waals surface area contributed by atoms with E-state index < -0.39 is 23.3 Å². The van der Waals surface area contributed by atoms with Crippen molar-refractivity contribution < 1.29 is 32.7 Å². The lowest BCUT2D eigenvalue weighted by atomic mass is 9.68. The Morgan fingerprint density at radius 2 is 1.77 bits per heavy atom. The van der Waals surface area contributed by atoms with Gasteiger partial charge in [-0.2, -0.15) is 0 Å². The molecule has 18 heteroatoms. The molecule has 338 valence electrons. The van der Waals surface area contributed by atoms with Gasteiger partial charge in [0.1, 0.15) is 11.9 Å². The highest BCUT2D eigenvalue weighted by Gasteiger charge is 2.62. The topological polar surface area (TPSA) is 161 Å². The van der Waals surface area contributed by atoms with Crippen molar-refractivity contribution in [2.75, 3.05) is 74.6 Å². The Kier molecular flexibility index (Phi) is 11.5. The number of amides is 4. The minimum absolute atomic E-state index is 0.0784. The van der Waals surface area contributed by atoms with Gasteiger partial charge in [-0.25, -0.2) is 13.8 Å². The number of pyridine rings is 2. The first-order valence-corrected chi connectivity index (χ1v) is 22.3. The van der Waals surface area contributed by atoms with Crippen molar-refractivity contribution in [2.45, 2.75) is 70.5 Å². The Balaban J connectivity index is 0.784. The number of likely N-dealkylation sites (tertiary alicyclic amines) is 1. The lowest BCUT2D eigenvalue weighted by Crippen LogP contribution is -2.70. The van der Waals surface area contributed by atoms with Crippen molar-refractivity contribution in [1.29, 1.82) is 0 Å². The van der Waals surface area contributed by atoms with Gasteiger partial charge in [0, 0.05) is 87.2 Å². The van der Waals surface area contributed by atoms with Crippen LogP contribution in [0.2, 0.25) is 5.02 Å². The third-order valence-electron chi connectivity index (χ3n) is 13.7. The number of benzene rings is 2. The number of nitrogens with zero attached hydrogens (tertiary/aromatic N) is 6. The van der Waals surface area contributed by atoms with Crippen LogP contribution in [0.1, 0.15) is 67.9 Å². The van der Waals surface area contributed by atoms with E-state index >= 15 is 8.78 Å². The number of anilines is 4. The fraction of sp³-hybridized carbons (Fsp3) is 0.478. The van der Waals surface area contributed by atoms with E-state index in [1.165, 1.54) is 11.9 Å². The van der Waals surface area contributed by atoms with Crippen LogP contribution in [-0.2, 0) is 20.9 Å². The summed E-state index contributed by atoms with van der Waals surface area (Å²) >= 11 is 6.64. The van der Waals surface area contributed by atoms with Gasteiger partial charge in [-0.3, -0.25) is 34.2 Å². The predicted molar refractivity (Wildman–Crippen MR) is 239 cm³/mol. The molecule has 4 fully saturated rings. The quantitative estimate of drug-likeness (QED) is 0.167. The van der Waals surface area contributed by atoms with Crippen LogP contribution >= 0.6 is 11.6 Å². The number of alkyl halides is 2. The summed E-state index contributed by atoms with van der Waals surface area (Å²) in [5, 5.41) is 9.39. The maximum absolute atomic E-state index is 16.1. The number of carbonyl (C=O) groups is 4. The van der Waals surface area contributed by atoms with Gasteiger partial charge in [-0.05, 0) is 100 Å². The van der Waals surface area contributed by atoms with Gasteiger partial charge in [0.25, 0.3) is 23.3 Å². The second-order valence-corrected chi connectivity index (χ2v) is 18.6. The normalized spacial score (nSPS) is 21.0. The summed E-state index contributed by atoms with van der Waals surface area (Å²) in [6, 6.07) is 13.7. The first kappa shape index (κ1) is 43.4. The zero-order chi connectivity index (χ0) is 45.1. The molecule has 3 N–H and O–H groups in total. The van der Waals surface area contributed by atoms with Crippen LogP contribution in [0.25, 0.3) is 10.9 Å². The molecule has 4 saturated heterocycles. The van der Waals surface area contributed by atoms with Crippen molar-refractivity contribution in [1.82, 2.24) is 30.0 Å². The zero-order valence-corrected chi connectivity index (χ0v) is 36.9. The van der Waals surface area contributed by atoms with Crippen LogP contribution in [0.4, 0.5) is 31.7 Å². The molecule has 2 aromatic heterocycles. The lowest BCUT2D eigenvalue weighted by Gasteiger charge is -2.58. The SMILES string of the molecule is CNC(=O)COc1cc2cc(Nc3cc(N4CCC(CN5CCC6(CN(c7ccc8c(c7)CN(C7CCC(=O)NC7=O)C8=O)C6)C(F)(F)C5)CC4)ncc3Cl)ccc2n(C(C)C)c1=O. The van der Waals surface area contributed by atoms with Crippen LogP contribution in [0, 0.1) is 11.3 Å². The first-order chi connectivity index (χ1) is 30.6. The number of hydrogen-bond donors (Lipinski definition) is 3. The second-order valence-electron chi connectivity index (χ2n) is 18.2. The number of halogens is 3. The summed E-state index contributed by atoms with van der Waals surface area (Å²) in [6.07, 6.45) is 4.14. The van der Waals surface area contributed by atoms with E-state index in [0.717, 1.165) is 59.6 Å². The predicted octanol–water partition coefficient (Wildman–Crippen LogP) is 5.32. The van der Waals surface area contributed by atoms with E-state index in [4.69, 9.17) is 16.3 Å². The van der Waals surface area contributed by atoms with Gasteiger partial charge in [-0.15, -0.1) is 0 Å². The first-order valence-electron chi connectivity index (χ1n) is 21.9. The summed E-state index contributed by atoms with van der Waals surface area (Å²) in [4.78, 5) is 74.6. The molecular weight excluding hydrogens is 848 g/mol. The van der Waals surface area contributed by atoms with E-state index in [0.29, 0.717) is 35.8 Å². The Bertz CT molecular complexity index is 2590. The molecule has 0 bridgehead atoms.